The topological polar surface area (TPSA) is 34.0 Å². The number of nitrogens with one attached hydrogen (secondary N) is 1. The van der Waals surface area contributed by atoms with Gasteiger partial charge in [-0.3, -0.25) is 4.79 Å². The van der Waals surface area contributed by atoms with E-state index in [4.69, 9.17) is 0 Å². The van der Waals surface area contributed by atoms with Crippen molar-refractivity contribution in [2.75, 3.05) is 11.9 Å². The molecule has 0 spiro atoms. The monoisotopic (exact) mass is 208 g/mol. The molecule has 0 aliphatic carbocycles. The fraction of sp³-hybridized carbons (Fsp3) is 0.583. The second-order valence-electron chi connectivity index (χ2n) is 3.85. The lowest BCUT2D eigenvalue weighted by Crippen LogP contribution is -2.15. The second kappa shape index (κ2) is 6.27. The molecule has 1 aromatic heterocycles. The number of aromatic nitrogens is 1. The number of aryl methyl sites for hydroxylation is 1. The van der Waals surface area contributed by atoms with Crippen molar-refractivity contribution in [3.05, 3.63) is 28.7 Å². The van der Waals surface area contributed by atoms with Gasteiger partial charge in [0.25, 0.3) is 0 Å². The zero-order valence-electron chi connectivity index (χ0n) is 9.62. The first-order valence-corrected chi connectivity index (χ1v) is 5.64. The summed E-state index contributed by atoms with van der Waals surface area (Å²) in [6.07, 6.45) is 6.86. The van der Waals surface area contributed by atoms with Crippen LogP contribution >= 0.6 is 0 Å². The highest BCUT2D eigenvalue weighted by molar-refractivity contribution is 5.39. The minimum Gasteiger partial charge on any atom is -0.384 e. The molecule has 0 aliphatic heterocycles. The highest BCUT2D eigenvalue weighted by Gasteiger charge is 1.94. The zero-order valence-corrected chi connectivity index (χ0v) is 9.62. The average molecular weight is 208 g/mol. The lowest BCUT2D eigenvalue weighted by Gasteiger charge is -2.06. The summed E-state index contributed by atoms with van der Waals surface area (Å²) >= 11 is 0. The summed E-state index contributed by atoms with van der Waals surface area (Å²) in [5, 5.41) is 3.31. The molecule has 84 valence electrons. The predicted molar refractivity (Wildman–Crippen MR) is 64.3 cm³/mol. The average Bonchev–Trinajstić information content (AvgIpc) is 2.23. The standard InChI is InChI=1S/C12H20N2O/c1-3-4-5-6-9-13-11-7-8-12(15)14(2)10-11/h7-8,10,13H,3-6,9H2,1-2H3. The van der Waals surface area contributed by atoms with Crippen LogP contribution in [-0.2, 0) is 7.05 Å². The lowest BCUT2D eigenvalue weighted by atomic mass is 10.2. The molecule has 0 saturated carbocycles. The number of hydrogen-bond acceptors (Lipinski definition) is 2. The third kappa shape index (κ3) is 4.19. The fourth-order valence-electron chi connectivity index (χ4n) is 1.48. The van der Waals surface area contributed by atoms with Gasteiger partial charge in [0.05, 0.1) is 5.69 Å². The summed E-state index contributed by atoms with van der Waals surface area (Å²) in [4.78, 5) is 11.1. The molecule has 0 atom stereocenters. The Morgan fingerprint density at radius 2 is 2.07 bits per heavy atom. The third-order valence-corrected chi connectivity index (χ3v) is 2.45. The van der Waals surface area contributed by atoms with Crippen LogP contribution in [0.1, 0.15) is 32.6 Å². The van der Waals surface area contributed by atoms with E-state index < -0.39 is 0 Å². The Hall–Kier alpha value is -1.25. The number of rotatable bonds is 6. The van der Waals surface area contributed by atoms with Gasteiger partial charge in [0, 0.05) is 25.9 Å². The molecule has 0 aliphatic rings. The molecule has 1 N–H and O–H groups in total. The van der Waals surface area contributed by atoms with Gasteiger partial charge in [0.15, 0.2) is 0 Å². The van der Waals surface area contributed by atoms with Crippen molar-refractivity contribution in [1.29, 1.82) is 0 Å². The summed E-state index contributed by atoms with van der Waals surface area (Å²) < 4.78 is 1.59. The van der Waals surface area contributed by atoms with Crippen LogP contribution < -0.4 is 10.9 Å². The minimum absolute atomic E-state index is 0.0338. The Balaban J connectivity index is 2.32. The van der Waals surface area contributed by atoms with Gasteiger partial charge in [-0.25, -0.2) is 0 Å². The smallest absolute Gasteiger partial charge is 0.250 e. The first-order valence-electron chi connectivity index (χ1n) is 5.64. The number of unbranched alkanes of at least 4 members (excludes halogenated alkanes) is 3. The molecular formula is C12H20N2O. The van der Waals surface area contributed by atoms with E-state index in [0.717, 1.165) is 12.2 Å². The first-order chi connectivity index (χ1) is 7.24. The molecule has 1 aromatic rings. The van der Waals surface area contributed by atoms with Crippen LogP contribution in [0.5, 0.6) is 0 Å². The van der Waals surface area contributed by atoms with Crippen LogP contribution in [0, 0.1) is 0 Å². The van der Waals surface area contributed by atoms with Gasteiger partial charge in [-0.1, -0.05) is 26.2 Å². The van der Waals surface area contributed by atoms with Crippen molar-refractivity contribution < 1.29 is 0 Å². The van der Waals surface area contributed by atoms with E-state index in [1.807, 2.05) is 12.3 Å². The van der Waals surface area contributed by atoms with Gasteiger partial charge in [-0.15, -0.1) is 0 Å². The van der Waals surface area contributed by atoms with Gasteiger partial charge in [0.1, 0.15) is 0 Å². The predicted octanol–water partition coefficient (Wildman–Crippen LogP) is 2.38. The van der Waals surface area contributed by atoms with Crippen molar-refractivity contribution in [3.63, 3.8) is 0 Å². The largest absolute Gasteiger partial charge is 0.384 e. The highest BCUT2D eigenvalue weighted by atomic mass is 16.1. The summed E-state index contributed by atoms with van der Waals surface area (Å²) in [5.74, 6) is 0. The summed E-state index contributed by atoms with van der Waals surface area (Å²) in [5.41, 5.74) is 1.06. The molecule has 0 amide bonds. The van der Waals surface area contributed by atoms with Crippen molar-refractivity contribution in [3.8, 4) is 0 Å². The number of anilines is 1. The van der Waals surface area contributed by atoms with E-state index in [0.29, 0.717) is 0 Å². The third-order valence-electron chi connectivity index (χ3n) is 2.45. The van der Waals surface area contributed by atoms with Crippen LogP contribution in [0.2, 0.25) is 0 Å². The molecule has 1 rings (SSSR count). The van der Waals surface area contributed by atoms with Gasteiger partial charge >= 0.3 is 0 Å². The van der Waals surface area contributed by atoms with E-state index in [-0.39, 0.29) is 5.56 Å². The van der Waals surface area contributed by atoms with E-state index in [2.05, 4.69) is 12.2 Å². The molecule has 1 heterocycles. The maximum Gasteiger partial charge on any atom is 0.250 e. The SMILES string of the molecule is CCCCCCNc1ccc(=O)n(C)c1. The molecule has 15 heavy (non-hydrogen) atoms. The van der Waals surface area contributed by atoms with E-state index in [1.165, 1.54) is 25.7 Å². The molecule has 3 nitrogen and oxygen atoms in total. The molecule has 0 bridgehead atoms. The van der Waals surface area contributed by atoms with E-state index in [1.54, 1.807) is 17.7 Å². The molecule has 0 radical (unpaired) electrons. The summed E-state index contributed by atoms with van der Waals surface area (Å²) in [6.45, 7) is 3.19. The molecule has 0 saturated heterocycles. The van der Waals surface area contributed by atoms with Gasteiger partial charge < -0.3 is 9.88 Å². The Morgan fingerprint density at radius 1 is 1.27 bits per heavy atom. The quantitative estimate of drug-likeness (QED) is 0.728. The van der Waals surface area contributed by atoms with Crippen LogP contribution in [0.25, 0.3) is 0 Å². The fourth-order valence-corrected chi connectivity index (χ4v) is 1.48. The van der Waals surface area contributed by atoms with Crippen LogP contribution in [-0.4, -0.2) is 11.1 Å². The van der Waals surface area contributed by atoms with Gasteiger partial charge in [-0.05, 0) is 12.5 Å². The highest BCUT2D eigenvalue weighted by Crippen LogP contribution is 2.04. The van der Waals surface area contributed by atoms with E-state index >= 15 is 0 Å². The van der Waals surface area contributed by atoms with Crippen molar-refractivity contribution in [2.24, 2.45) is 7.05 Å². The Bertz CT molecular complexity index is 344. The van der Waals surface area contributed by atoms with Gasteiger partial charge in [-0.2, -0.15) is 0 Å². The molecule has 0 unspecified atom stereocenters. The van der Waals surface area contributed by atoms with E-state index in [9.17, 15) is 4.79 Å². The number of pyridine rings is 1. The summed E-state index contributed by atoms with van der Waals surface area (Å²) in [6, 6.07) is 3.43. The first kappa shape index (κ1) is 11.8. The van der Waals surface area contributed by atoms with Crippen molar-refractivity contribution in [2.45, 2.75) is 32.6 Å². The van der Waals surface area contributed by atoms with Crippen LogP contribution in [0.15, 0.2) is 23.1 Å². The molecular weight excluding hydrogens is 188 g/mol. The van der Waals surface area contributed by atoms with Gasteiger partial charge in [0.2, 0.25) is 5.56 Å². The molecule has 0 fully saturated rings. The Kier molecular flexibility index (Phi) is 4.95. The zero-order chi connectivity index (χ0) is 11.1. The van der Waals surface area contributed by atoms with Crippen LogP contribution in [0.4, 0.5) is 5.69 Å². The maximum atomic E-state index is 11.1. The summed E-state index contributed by atoms with van der Waals surface area (Å²) in [7, 11) is 1.77. The maximum absolute atomic E-state index is 11.1. The minimum atomic E-state index is 0.0338. The van der Waals surface area contributed by atoms with Crippen molar-refractivity contribution >= 4 is 5.69 Å². The van der Waals surface area contributed by atoms with Crippen LogP contribution in [0.3, 0.4) is 0 Å². The lowest BCUT2D eigenvalue weighted by molar-refractivity contribution is 0.684. The Morgan fingerprint density at radius 3 is 2.73 bits per heavy atom. The molecule has 3 heteroatoms. The molecule has 0 aromatic carbocycles. The second-order valence-corrected chi connectivity index (χ2v) is 3.85. The number of nitrogens with zero attached hydrogens (tertiary/aromatic N) is 1. The van der Waals surface area contributed by atoms with Crippen molar-refractivity contribution in [1.82, 2.24) is 4.57 Å². The normalized spacial score (nSPS) is 10.3. The number of hydrogen-bond donors (Lipinski definition) is 1. The Labute approximate surface area is 91.1 Å².